The first-order chi connectivity index (χ1) is 4.33. The monoisotopic (exact) mass is 121 g/mol. The highest BCUT2D eigenvalue weighted by molar-refractivity contribution is 5.45. The Morgan fingerprint density at radius 3 is 2.22 bits per heavy atom. The van der Waals surface area contributed by atoms with Crippen molar-refractivity contribution in [2.75, 3.05) is 0 Å². The molecule has 0 aromatic heterocycles. The van der Waals surface area contributed by atoms with Crippen molar-refractivity contribution in [2.24, 2.45) is 0 Å². The Balaban J connectivity index is 3.06. The second-order valence-electron chi connectivity index (χ2n) is 1.62. The van der Waals surface area contributed by atoms with Crippen LogP contribution >= 0.6 is 0 Å². The summed E-state index contributed by atoms with van der Waals surface area (Å²) in [5, 5.41) is 16.9. The van der Waals surface area contributed by atoms with Crippen molar-refractivity contribution in [1.29, 1.82) is 5.39 Å². The summed E-state index contributed by atoms with van der Waals surface area (Å²) < 4.78 is 0. The lowest BCUT2D eigenvalue weighted by Crippen LogP contribution is -1.60. The average Bonchev–Trinajstić information content (AvgIpc) is 1.90. The lowest BCUT2D eigenvalue weighted by Gasteiger charge is -1.81. The summed E-state index contributed by atoms with van der Waals surface area (Å²) in [6.07, 6.45) is 0. The highest BCUT2D eigenvalue weighted by Crippen LogP contribution is 2.15. The fourth-order valence-corrected chi connectivity index (χ4v) is 0.519. The first kappa shape index (κ1) is 5.57. The van der Waals surface area contributed by atoms with Gasteiger partial charge in [0.25, 0.3) is 0 Å². The van der Waals surface area contributed by atoms with E-state index in [0.29, 0.717) is 5.69 Å². The predicted molar refractivity (Wildman–Crippen MR) is 32.9 cm³/mol. The molecule has 0 aliphatic heterocycles. The number of phenols is 1. The summed E-state index contributed by atoms with van der Waals surface area (Å²) in [5.74, 6) is 0.169. The quantitative estimate of drug-likeness (QED) is 0.532. The van der Waals surface area contributed by atoms with Gasteiger partial charge in [-0.3, -0.25) is 0 Å². The Morgan fingerprint density at radius 2 is 1.78 bits per heavy atom. The number of hydrogen-bond acceptors (Lipinski definition) is 2. The molecule has 0 unspecified atom stereocenters. The van der Waals surface area contributed by atoms with Gasteiger partial charge in [0.05, 0.1) is 0 Å². The molecule has 3 nitrogen and oxygen atoms in total. The molecule has 0 spiro atoms. The van der Waals surface area contributed by atoms with E-state index in [4.69, 9.17) is 10.5 Å². The third-order valence-corrected chi connectivity index (χ3v) is 0.965. The van der Waals surface area contributed by atoms with E-state index in [9.17, 15) is 0 Å². The van der Waals surface area contributed by atoms with Gasteiger partial charge in [0.1, 0.15) is 5.75 Å². The lowest BCUT2D eigenvalue weighted by molar-refractivity contribution is 0.475. The fraction of sp³-hybridized carbons (Fsp3) is 0. The first-order valence-corrected chi connectivity index (χ1v) is 2.47. The molecule has 0 bridgehead atoms. The molecule has 9 heavy (non-hydrogen) atoms. The van der Waals surface area contributed by atoms with E-state index in [1.54, 1.807) is 0 Å². The molecule has 0 saturated heterocycles. The molecule has 3 heteroatoms. The van der Waals surface area contributed by atoms with Crippen molar-refractivity contribution in [1.82, 2.24) is 0 Å². The maximum absolute atomic E-state index is 8.73. The molecular formula is C6H5N2O+. The van der Waals surface area contributed by atoms with Crippen LogP contribution in [0.3, 0.4) is 0 Å². The molecule has 0 heterocycles. The lowest BCUT2D eigenvalue weighted by atomic mass is 10.3. The molecular weight excluding hydrogens is 116 g/mol. The molecule has 1 aromatic carbocycles. The van der Waals surface area contributed by atoms with E-state index in [-0.39, 0.29) is 5.75 Å². The van der Waals surface area contributed by atoms with Crippen molar-refractivity contribution in [3.63, 3.8) is 0 Å². The van der Waals surface area contributed by atoms with E-state index in [1.165, 1.54) is 24.3 Å². The zero-order valence-electron chi connectivity index (χ0n) is 4.65. The van der Waals surface area contributed by atoms with Crippen LogP contribution in [0.15, 0.2) is 24.3 Å². The molecule has 0 amide bonds. The van der Waals surface area contributed by atoms with Crippen LogP contribution in [-0.2, 0) is 0 Å². The minimum absolute atomic E-state index is 0.169. The number of benzene rings is 1. The van der Waals surface area contributed by atoms with Crippen LogP contribution in [0.4, 0.5) is 5.69 Å². The van der Waals surface area contributed by atoms with Gasteiger partial charge in [0, 0.05) is 12.1 Å². The van der Waals surface area contributed by atoms with Gasteiger partial charge in [0.15, 0.2) is 4.98 Å². The third-order valence-electron chi connectivity index (χ3n) is 0.965. The summed E-state index contributed by atoms with van der Waals surface area (Å²) in [6, 6.07) is 5.93. The zero-order valence-corrected chi connectivity index (χ0v) is 4.65. The highest BCUT2D eigenvalue weighted by atomic mass is 16.3. The van der Waals surface area contributed by atoms with Crippen LogP contribution in [0.1, 0.15) is 0 Å². The molecule has 0 aliphatic rings. The van der Waals surface area contributed by atoms with Gasteiger partial charge in [-0.15, -0.1) is 0 Å². The molecule has 1 N–H and O–H groups in total. The summed E-state index contributed by atoms with van der Waals surface area (Å²) >= 11 is 0. The van der Waals surface area contributed by atoms with Crippen LogP contribution in [0, 0.1) is 5.39 Å². The average molecular weight is 121 g/mol. The van der Waals surface area contributed by atoms with Crippen molar-refractivity contribution >= 4 is 5.69 Å². The van der Waals surface area contributed by atoms with Crippen molar-refractivity contribution in [3.05, 3.63) is 29.2 Å². The highest BCUT2D eigenvalue weighted by Gasteiger charge is 1.99. The summed E-state index contributed by atoms with van der Waals surface area (Å²) in [4.78, 5) is 2.90. The fourth-order valence-electron chi connectivity index (χ4n) is 0.519. The Morgan fingerprint density at radius 1 is 1.22 bits per heavy atom. The second kappa shape index (κ2) is 2.14. The molecule has 0 fully saturated rings. The summed E-state index contributed by atoms with van der Waals surface area (Å²) in [7, 11) is 0. The number of rotatable bonds is 0. The predicted octanol–water partition coefficient (Wildman–Crippen LogP) is 1.88. The minimum atomic E-state index is 0.169. The van der Waals surface area contributed by atoms with Crippen LogP contribution in [0.5, 0.6) is 5.75 Å². The van der Waals surface area contributed by atoms with Crippen LogP contribution in [0.2, 0.25) is 0 Å². The van der Waals surface area contributed by atoms with Crippen molar-refractivity contribution in [2.45, 2.75) is 0 Å². The van der Waals surface area contributed by atoms with Gasteiger partial charge in [0.2, 0.25) is 5.39 Å². The summed E-state index contributed by atoms with van der Waals surface area (Å²) in [5.41, 5.74) is 0.438. The molecule has 0 atom stereocenters. The minimum Gasteiger partial charge on any atom is -0.508 e. The summed E-state index contributed by atoms with van der Waals surface area (Å²) in [6.45, 7) is 0. The van der Waals surface area contributed by atoms with Crippen LogP contribution in [0.25, 0.3) is 4.98 Å². The Bertz CT molecular complexity index is 234. The molecule has 0 saturated carbocycles. The van der Waals surface area contributed by atoms with E-state index in [1.807, 2.05) is 0 Å². The third kappa shape index (κ3) is 1.16. The van der Waals surface area contributed by atoms with E-state index >= 15 is 0 Å². The molecule has 0 radical (unpaired) electrons. The van der Waals surface area contributed by atoms with E-state index < -0.39 is 0 Å². The topological polar surface area (TPSA) is 48.4 Å². The van der Waals surface area contributed by atoms with Crippen LogP contribution < -0.4 is 0 Å². The number of diazo groups is 1. The van der Waals surface area contributed by atoms with Gasteiger partial charge in [-0.2, -0.15) is 0 Å². The smallest absolute Gasteiger partial charge is 0.385 e. The van der Waals surface area contributed by atoms with E-state index in [0.717, 1.165) is 0 Å². The maximum atomic E-state index is 8.73. The van der Waals surface area contributed by atoms with Gasteiger partial charge >= 0.3 is 5.69 Å². The zero-order chi connectivity index (χ0) is 6.69. The van der Waals surface area contributed by atoms with E-state index in [2.05, 4.69) is 4.98 Å². The molecule has 44 valence electrons. The van der Waals surface area contributed by atoms with Gasteiger partial charge < -0.3 is 5.11 Å². The van der Waals surface area contributed by atoms with Gasteiger partial charge in [-0.25, -0.2) is 0 Å². The Hall–Kier alpha value is -1.56. The van der Waals surface area contributed by atoms with Crippen molar-refractivity contribution in [3.8, 4) is 5.75 Å². The Kier molecular flexibility index (Phi) is 1.32. The molecule has 1 aromatic rings. The van der Waals surface area contributed by atoms with Gasteiger partial charge in [-0.05, 0) is 12.1 Å². The molecule has 1 rings (SSSR count). The Labute approximate surface area is 52.2 Å². The first-order valence-electron chi connectivity index (χ1n) is 2.47. The SMILES string of the molecule is N#[N+]c1ccc(O)cc1. The maximum Gasteiger partial charge on any atom is 0.385 e. The normalized spacial score (nSPS) is 8.33. The number of nitrogens with zero attached hydrogens (tertiary/aromatic N) is 2. The molecule has 0 aliphatic carbocycles. The largest absolute Gasteiger partial charge is 0.508 e. The number of aromatic hydroxyl groups is 1. The second-order valence-corrected chi connectivity index (χ2v) is 1.62. The standard InChI is InChI=1S/C6H4N2O/c7-8-5-1-3-6(9)4-2-5/h1-4H/p+1. The van der Waals surface area contributed by atoms with Crippen molar-refractivity contribution < 1.29 is 5.11 Å². The number of phenolic OH excluding ortho intramolecular Hbond substituents is 1. The number of hydrogen-bond donors (Lipinski definition) is 1. The van der Waals surface area contributed by atoms with Crippen LogP contribution in [-0.4, -0.2) is 5.11 Å². The van der Waals surface area contributed by atoms with Gasteiger partial charge in [-0.1, -0.05) is 0 Å².